The first-order valence-electron chi connectivity index (χ1n) is 5.92. The van der Waals surface area contributed by atoms with Crippen molar-refractivity contribution in [3.05, 3.63) is 29.8 Å². The summed E-state index contributed by atoms with van der Waals surface area (Å²) in [5, 5.41) is 3.47. The molecule has 3 nitrogen and oxygen atoms in total. The molecule has 3 N–H and O–H groups in total. The number of amides is 1. The molecule has 86 valence electrons. The van der Waals surface area contributed by atoms with Crippen molar-refractivity contribution in [3.63, 3.8) is 0 Å². The molecule has 0 bridgehead atoms. The Morgan fingerprint density at radius 2 is 2.00 bits per heavy atom. The Morgan fingerprint density at radius 3 is 2.69 bits per heavy atom. The zero-order valence-electron chi connectivity index (χ0n) is 9.41. The van der Waals surface area contributed by atoms with Gasteiger partial charge >= 0.3 is 0 Å². The van der Waals surface area contributed by atoms with Crippen molar-refractivity contribution < 1.29 is 4.79 Å². The molecule has 1 aliphatic carbocycles. The van der Waals surface area contributed by atoms with E-state index >= 15 is 0 Å². The Kier molecular flexibility index (Phi) is 3.44. The van der Waals surface area contributed by atoms with Crippen molar-refractivity contribution in [2.45, 2.75) is 38.1 Å². The third kappa shape index (κ3) is 2.75. The van der Waals surface area contributed by atoms with Crippen molar-refractivity contribution in [3.8, 4) is 0 Å². The van der Waals surface area contributed by atoms with Crippen LogP contribution in [0.15, 0.2) is 24.3 Å². The summed E-state index contributed by atoms with van der Waals surface area (Å²) in [5.74, 6) is -0.368. The van der Waals surface area contributed by atoms with Crippen LogP contribution in [0.1, 0.15) is 42.5 Å². The van der Waals surface area contributed by atoms with E-state index in [2.05, 4.69) is 5.32 Å². The summed E-state index contributed by atoms with van der Waals surface area (Å²) in [6, 6.07) is 7.98. The maximum atomic E-state index is 11.0. The lowest BCUT2D eigenvalue weighted by Crippen LogP contribution is -2.22. The van der Waals surface area contributed by atoms with Gasteiger partial charge in [0.1, 0.15) is 0 Å². The highest BCUT2D eigenvalue weighted by Crippen LogP contribution is 2.21. The third-order valence-corrected chi connectivity index (χ3v) is 3.12. The lowest BCUT2D eigenvalue weighted by atomic mass is 9.95. The summed E-state index contributed by atoms with van der Waals surface area (Å²) >= 11 is 0. The molecule has 0 spiro atoms. The summed E-state index contributed by atoms with van der Waals surface area (Å²) in [7, 11) is 0. The maximum absolute atomic E-state index is 11.0. The van der Waals surface area contributed by atoms with Crippen LogP contribution < -0.4 is 11.1 Å². The molecule has 1 aliphatic rings. The SMILES string of the molecule is NC(=O)c1cccc(NC2CCCCC2)c1. The lowest BCUT2D eigenvalue weighted by Gasteiger charge is -2.23. The summed E-state index contributed by atoms with van der Waals surface area (Å²) in [6.07, 6.45) is 6.39. The minimum absolute atomic E-state index is 0.368. The zero-order chi connectivity index (χ0) is 11.4. The Labute approximate surface area is 96.0 Å². The molecule has 2 rings (SSSR count). The molecule has 1 amide bonds. The van der Waals surface area contributed by atoms with Crippen LogP contribution in [0.4, 0.5) is 5.69 Å². The number of nitrogens with one attached hydrogen (secondary N) is 1. The summed E-state index contributed by atoms with van der Waals surface area (Å²) < 4.78 is 0. The number of carbonyl (C=O) groups excluding carboxylic acids is 1. The molecule has 1 saturated carbocycles. The molecule has 0 atom stereocenters. The first kappa shape index (κ1) is 11.0. The van der Waals surface area contributed by atoms with Crippen LogP contribution in [-0.2, 0) is 0 Å². The molecule has 1 aromatic rings. The Bertz CT molecular complexity index is 370. The van der Waals surface area contributed by atoms with Gasteiger partial charge in [-0.25, -0.2) is 0 Å². The van der Waals surface area contributed by atoms with E-state index in [0.29, 0.717) is 11.6 Å². The summed E-state index contributed by atoms with van der Waals surface area (Å²) in [5.41, 5.74) is 6.82. The maximum Gasteiger partial charge on any atom is 0.248 e. The fraction of sp³-hybridized carbons (Fsp3) is 0.462. The van der Waals surface area contributed by atoms with Crippen LogP contribution in [0.2, 0.25) is 0 Å². The van der Waals surface area contributed by atoms with E-state index in [9.17, 15) is 4.79 Å². The second kappa shape index (κ2) is 5.01. The van der Waals surface area contributed by atoms with Gasteiger partial charge in [-0.05, 0) is 31.0 Å². The molecule has 0 radical (unpaired) electrons. The number of nitrogens with two attached hydrogens (primary N) is 1. The standard InChI is InChI=1S/C13H18N2O/c14-13(16)10-5-4-8-12(9-10)15-11-6-2-1-3-7-11/h4-5,8-9,11,15H,1-3,6-7H2,(H2,14,16). The van der Waals surface area contributed by atoms with Gasteiger partial charge in [0.25, 0.3) is 0 Å². The Hall–Kier alpha value is -1.51. The van der Waals surface area contributed by atoms with Crippen LogP contribution in [0.5, 0.6) is 0 Å². The number of anilines is 1. The number of benzene rings is 1. The monoisotopic (exact) mass is 218 g/mol. The van der Waals surface area contributed by atoms with Gasteiger partial charge in [0, 0.05) is 17.3 Å². The van der Waals surface area contributed by atoms with Gasteiger partial charge in [0.2, 0.25) is 5.91 Å². The van der Waals surface area contributed by atoms with E-state index < -0.39 is 0 Å². The van der Waals surface area contributed by atoms with Crippen molar-refractivity contribution in [1.29, 1.82) is 0 Å². The van der Waals surface area contributed by atoms with Gasteiger partial charge in [-0.2, -0.15) is 0 Å². The molecule has 0 aromatic heterocycles. The number of rotatable bonds is 3. The summed E-state index contributed by atoms with van der Waals surface area (Å²) in [4.78, 5) is 11.0. The molecular weight excluding hydrogens is 200 g/mol. The highest BCUT2D eigenvalue weighted by atomic mass is 16.1. The summed E-state index contributed by atoms with van der Waals surface area (Å²) in [6.45, 7) is 0. The van der Waals surface area contributed by atoms with E-state index in [1.807, 2.05) is 18.2 Å². The molecular formula is C13H18N2O. The van der Waals surface area contributed by atoms with Gasteiger partial charge in [0.15, 0.2) is 0 Å². The first-order chi connectivity index (χ1) is 7.75. The topological polar surface area (TPSA) is 55.1 Å². The van der Waals surface area contributed by atoms with E-state index in [-0.39, 0.29) is 5.91 Å². The van der Waals surface area contributed by atoms with Crippen LogP contribution in [0.3, 0.4) is 0 Å². The van der Waals surface area contributed by atoms with E-state index in [0.717, 1.165) is 5.69 Å². The predicted molar refractivity (Wildman–Crippen MR) is 65.5 cm³/mol. The van der Waals surface area contributed by atoms with Gasteiger partial charge in [-0.3, -0.25) is 4.79 Å². The number of carbonyl (C=O) groups is 1. The first-order valence-corrected chi connectivity index (χ1v) is 5.92. The van der Waals surface area contributed by atoms with Gasteiger partial charge in [0.05, 0.1) is 0 Å². The van der Waals surface area contributed by atoms with E-state index in [4.69, 9.17) is 5.73 Å². The average Bonchev–Trinajstić information content (AvgIpc) is 2.30. The minimum Gasteiger partial charge on any atom is -0.382 e. The number of hydrogen-bond acceptors (Lipinski definition) is 2. The highest BCUT2D eigenvalue weighted by Gasteiger charge is 2.13. The largest absolute Gasteiger partial charge is 0.382 e. The molecule has 0 heterocycles. The minimum atomic E-state index is -0.368. The van der Waals surface area contributed by atoms with Crippen molar-refractivity contribution in [2.75, 3.05) is 5.32 Å². The van der Waals surface area contributed by atoms with Crippen LogP contribution in [-0.4, -0.2) is 11.9 Å². The van der Waals surface area contributed by atoms with Gasteiger partial charge in [-0.1, -0.05) is 25.3 Å². The molecule has 0 unspecified atom stereocenters. The third-order valence-electron chi connectivity index (χ3n) is 3.12. The fourth-order valence-corrected chi connectivity index (χ4v) is 2.24. The smallest absolute Gasteiger partial charge is 0.248 e. The van der Waals surface area contributed by atoms with Gasteiger partial charge in [-0.15, -0.1) is 0 Å². The van der Waals surface area contributed by atoms with Crippen molar-refractivity contribution >= 4 is 11.6 Å². The van der Waals surface area contributed by atoms with Crippen molar-refractivity contribution in [1.82, 2.24) is 0 Å². The zero-order valence-corrected chi connectivity index (χ0v) is 9.41. The van der Waals surface area contributed by atoms with Crippen molar-refractivity contribution in [2.24, 2.45) is 5.73 Å². The average molecular weight is 218 g/mol. The molecule has 0 aliphatic heterocycles. The predicted octanol–water partition coefficient (Wildman–Crippen LogP) is 2.53. The lowest BCUT2D eigenvalue weighted by molar-refractivity contribution is 0.100. The van der Waals surface area contributed by atoms with E-state index in [1.54, 1.807) is 6.07 Å². The number of primary amides is 1. The normalized spacial score (nSPS) is 17.0. The molecule has 3 heteroatoms. The Balaban J connectivity index is 2.02. The van der Waals surface area contributed by atoms with Crippen LogP contribution in [0, 0.1) is 0 Å². The molecule has 1 fully saturated rings. The quantitative estimate of drug-likeness (QED) is 0.819. The molecule has 16 heavy (non-hydrogen) atoms. The van der Waals surface area contributed by atoms with Crippen LogP contribution >= 0.6 is 0 Å². The second-order valence-corrected chi connectivity index (χ2v) is 4.42. The molecule has 1 aromatic carbocycles. The fourth-order valence-electron chi connectivity index (χ4n) is 2.24. The highest BCUT2D eigenvalue weighted by molar-refractivity contribution is 5.93. The molecule has 0 saturated heterocycles. The van der Waals surface area contributed by atoms with Crippen LogP contribution in [0.25, 0.3) is 0 Å². The van der Waals surface area contributed by atoms with E-state index in [1.165, 1.54) is 32.1 Å². The second-order valence-electron chi connectivity index (χ2n) is 4.42. The Morgan fingerprint density at radius 1 is 1.25 bits per heavy atom. The number of hydrogen-bond donors (Lipinski definition) is 2. The van der Waals surface area contributed by atoms with Gasteiger partial charge < -0.3 is 11.1 Å².